The fourth-order valence-electron chi connectivity index (χ4n) is 8.70. The van der Waals surface area contributed by atoms with Gasteiger partial charge in [-0.1, -0.05) is 244 Å². The zero-order valence-corrected chi connectivity index (χ0v) is 42.5. The molecule has 0 aromatic carbocycles. The fraction of sp³-hybridized carbons (Fsp3) is 0.895. The SMILES string of the molecule is CCCC/C=C\CCCCCCCC(=O)OC(CCCCC/C=C/CCCCCCCCCCC)CC(=O)NC(CO)C(O)CCCCCCCCCCCCCCCCCCC. The van der Waals surface area contributed by atoms with Crippen molar-refractivity contribution in [1.29, 1.82) is 0 Å². The maximum Gasteiger partial charge on any atom is 0.306 e. The van der Waals surface area contributed by atoms with Gasteiger partial charge in [0.15, 0.2) is 0 Å². The molecule has 0 fully saturated rings. The van der Waals surface area contributed by atoms with Gasteiger partial charge in [0.2, 0.25) is 5.91 Å². The van der Waals surface area contributed by atoms with Gasteiger partial charge < -0.3 is 20.3 Å². The predicted molar refractivity (Wildman–Crippen MR) is 273 cm³/mol. The Hall–Kier alpha value is -1.66. The molecule has 3 N–H and O–H groups in total. The van der Waals surface area contributed by atoms with E-state index in [0.29, 0.717) is 19.3 Å². The van der Waals surface area contributed by atoms with Crippen LogP contribution < -0.4 is 5.32 Å². The highest BCUT2D eigenvalue weighted by atomic mass is 16.5. The highest BCUT2D eigenvalue weighted by molar-refractivity contribution is 5.77. The summed E-state index contributed by atoms with van der Waals surface area (Å²) in [7, 11) is 0. The minimum absolute atomic E-state index is 0.0680. The van der Waals surface area contributed by atoms with E-state index in [-0.39, 0.29) is 24.9 Å². The molecule has 6 nitrogen and oxygen atoms in total. The van der Waals surface area contributed by atoms with Gasteiger partial charge in [-0.3, -0.25) is 9.59 Å². The van der Waals surface area contributed by atoms with Gasteiger partial charge in [-0.25, -0.2) is 0 Å². The number of aliphatic hydroxyl groups is 2. The average Bonchev–Trinajstić information content (AvgIpc) is 3.28. The number of allylic oxidation sites excluding steroid dienone is 4. The molecule has 1 amide bonds. The molecule has 0 aliphatic carbocycles. The van der Waals surface area contributed by atoms with E-state index < -0.39 is 18.2 Å². The van der Waals surface area contributed by atoms with Gasteiger partial charge >= 0.3 is 5.97 Å². The van der Waals surface area contributed by atoms with E-state index in [9.17, 15) is 19.8 Å². The van der Waals surface area contributed by atoms with Crippen LogP contribution in [-0.2, 0) is 14.3 Å². The van der Waals surface area contributed by atoms with Gasteiger partial charge in [0.25, 0.3) is 0 Å². The molecule has 0 aromatic rings. The molecule has 63 heavy (non-hydrogen) atoms. The number of amides is 1. The van der Waals surface area contributed by atoms with Crippen molar-refractivity contribution in [3.63, 3.8) is 0 Å². The summed E-state index contributed by atoms with van der Waals surface area (Å²) >= 11 is 0. The molecule has 0 spiro atoms. The first-order valence-corrected chi connectivity index (χ1v) is 28.1. The number of carbonyl (C=O) groups excluding carboxylic acids is 2. The average molecular weight is 889 g/mol. The molecular formula is C57H109NO5. The van der Waals surface area contributed by atoms with Crippen molar-refractivity contribution in [3.8, 4) is 0 Å². The number of unbranched alkanes of at least 4 members (excludes halogenated alkanes) is 35. The zero-order chi connectivity index (χ0) is 45.9. The van der Waals surface area contributed by atoms with Crippen molar-refractivity contribution < 1.29 is 24.5 Å². The summed E-state index contributed by atoms with van der Waals surface area (Å²) in [6.07, 6.45) is 59.6. The Morgan fingerprint density at radius 3 is 1.19 bits per heavy atom. The maximum absolute atomic E-state index is 13.2. The van der Waals surface area contributed by atoms with E-state index >= 15 is 0 Å². The van der Waals surface area contributed by atoms with Crippen LogP contribution in [0.2, 0.25) is 0 Å². The lowest BCUT2D eigenvalue weighted by molar-refractivity contribution is -0.151. The first-order chi connectivity index (χ1) is 31.0. The molecule has 0 aromatic heterocycles. The van der Waals surface area contributed by atoms with Crippen LogP contribution in [-0.4, -0.2) is 46.9 Å². The fourth-order valence-corrected chi connectivity index (χ4v) is 8.70. The molecule has 372 valence electrons. The molecule has 0 radical (unpaired) electrons. The van der Waals surface area contributed by atoms with Crippen LogP contribution in [0, 0.1) is 0 Å². The Morgan fingerprint density at radius 1 is 0.444 bits per heavy atom. The number of rotatable bonds is 51. The van der Waals surface area contributed by atoms with Gasteiger partial charge in [0.1, 0.15) is 6.10 Å². The summed E-state index contributed by atoms with van der Waals surface area (Å²) in [6.45, 7) is 6.47. The predicted octanol–water partition coefficient (Wildman–Crippen LogP) is 17.1. The lowest BCUT2D eigenvalue weighted by Crippen LogP contribution is -2.46. The molecule has 6 heteroatoms. The van der Waals surface area contributed by atoms with Crippen molar-refractivity contribution in [1.82, 2.24) is 5.32 Å². The van der Waals surface area contributed by atoms with Crippen LogP contribution in [0.1, 0.15) is 303 Å². The third-order valence-electron chi connectivity index (χ3n) is 13.0. The van der Waals surface area contributed by atoms with Crippen LogP contribution in [0.3, 0.4) is 0 Å². The Morgan fingerprint density at radius 2 is 0.778 bits per heavy atom. The summed E-state index contributed by atoms with van der Waals surface area (Å²) in [6, 6.07) is -0.705. The molecule has 0 heterocycles. The van der Waals surface area contributed by atoms with Crippen molar-refractivity contribution >= 4 is 11.9 Å². The van der Waals surface area contributed by atoms with Gasteiger partial charge in [-0.05, 0) is 70.6 Å². The van der Waals surface area contributed by atoms with Crippen molar-refractivity contribution in [2.45, 2.75) is 322 Å². The third kappa shape index (κ3) is 46.7. The number of hydrogen-bond acceptors (Lipinski definition) is 5. The van der Waals surface area contributed by atoms with Crippen molar-refractivity contribution in [2.75, 3.05) is 6.61 Å². The number of aliphatic hydroxyl groups excluding tert-OH is 2. The van der Waals surface area contributed by atoms with Crippen LogP contribution in [0.25, 0.3) is 0 Å². The van der Waals surface area contributed by atoms with E-state index in [2.05, 4.69) is 50.4 Å². The molecule has 0 aliphatic rings. The van der Waals surface area contributed by atoms with Crippen molar-refractivity contribution in [3.05, 3.63) is 24.3 Å². The Bertz CT molecular complexity index is 997. The molecule has 0 saturated heterocycles. The second-order valence-electron chi connectivity index (χ2n) is 19.3. The van der Waals surface area contributed by atoms with Crippen molar-refractivity contribution in [2.24, 2.45) is 0 Å². The summed E-state index contributed by atoms with van der Waals surface area (Å²) in [4.78, 5) is 26.2. The van der Waals surface area contributed by atoms with Gasteiger partial charge in [0.05, 0.1) is 25.2 Å². The van der Waals surface area contributed by atoms with Crippen LogP contribution in [0.15, 0.2) is 24.3 Å². The van der Waals surface area contributed by atoms with Gasteiger partial charge in [-0.2, -0.15) is 0 Å². The molecule has 0 aliphatic heterocycles. The third-order valence-corrected chi connectivity index (χ3v) is 13.0. The summed E-state index contributed by atoms with van der Waals surface area (Å²) in [5.74, 6) is -0.486. The highest BCUT2D eigenvalue weighted by Crippen LogP contribution is 2.18. The highest BCUT2D eigenvalue weighted by Gasteiger charge is 2.24. The molecule has 3 unspecified atom stereocenters. The molecule has 0 saturated carbocycles. The number of hydrogen-bond donors (Lipinski definition) is 3. The molecule has 0 rings (SSSR count). The minimum Gasteiger partial charge on any atom is -0.462 e. The van der Waals surface area contributed by atoms with E-state index in [1.54, 1.807) is 0 Å². The molecule has 3 atom stereocenters. The van der Waals surface area contributed by atoms with E-state index in [4.69, 9.17) is 4.74 Å². The Labute approximate surface area is 392 Å². The van der Waals surface area contributed by atoms with E-state index in [0.717, 1.165) is 64.2 Å². The summed E-state index contributed by atoms with van der Waals surface area (Å²) in [5.41, 5.74) is 0. The second kappa shape index (κ2) is 51.3. The summed E-state index contributed by atoms with van der Waals surface area (Å²) in [5, 5.41) is 23.9. The number of ether oxygens (including phenoxy) is 1. The first-order valence-electron chi connectivity index (χ1n) is 28.1. The zero-order valence-electron chi connectivity index (χ0n) is 42.5. The topological polar surface area (TPSA) is 95.9 Å². The largest absolute Gasteiger partial charge is 0.462 e. The van der Waals surface area contributed by atoms with E-state index in [1.807, 2.05) is 0 Å². The number of nitrogens with one attached hydrogen (secondary N) is 1. The second-order valence-corrected chi connectivity index (χ2v) is 19.3. The maximum atomic E-state index is 13.2. The first kappa shape index (κ1) is 61.3. The van der Waals surface area contributed by atoms with Crippen LogP contribution in [0.5, 0.6) is 0 Å². The number of esters is 1. The van der Waals surface area contributed by atoms with Gasteiger partial charge in [0, 0.05) is 6.42 Å². The van der Waals surface area contributed by atoms with Gasteiger partial charge in [-0.15, -0.1) is 0 Å². The van der Waals surface area contributed by atoms with Crippen LogP contribution in [0.4, 0.5) is 0 Å². The molecular weight excluding hydrogens is 779 g/mol. The quantitative estimate of drug-likeness (QED) is 0.0321. The Balaban J connectivity index is 4.50. The smallest absolute Gasteiger partial charge is 0.306 e. The monoisotopic (exact) mass is 888 g/mol. The molecule has 0 bridgehead atoms. The lowest BCUT2D eigenvalue weighted by atomic mass is 10.0. The van der Waals surface area contributed by atoms with E-state index in [1.165, 1.54) is 193 Å². The minimum atomic E-state index is -0.790. The number of carbonyl (C=O) groups is 2. The lowest BCUT2D eigenvalue weighted by Gasteiger charge is -2.24. The Kier molecular flexibility index (Phi) is 50.0. The summed E-state index contributed by atoms with van der Waals surface area (Å²) < 4.78 is 5.93. The van der Waals surface area contributed by atoms with Crippen LogP contribution >= 0.6 is 0 Å². The normalized spacial score (nSPS) is 13.3. The standard InChI is InChI=1S/C57H109NO5/c1-4-7-10-13-16-19-22-24-26-28-30-32-35-37-40-43-46-49-55(60)54(52-59)58-56(61)51-53(63-57(62)50-47-44-41-38-33-21-18-15-12-9-6-3)48-45-42-39-36-34-31-29-27-25-23-20-17-14-11-8-5-2/h15,18,31,34,53-55,59-60H,4-14,16-17,19-30,32-33,35-52H2,1-3H3,(H,58,61)/b18-15-,34-31+.